The van der Waals surface area contributed by atoms with E-state index in [2.05, 4.69) is 21.2 Å². The summed E-state index contributed by atoms with van der Waals surface area (Å²) in [6, 6.07) is 5.06. The summed E-state index contributed by atoms with van der Waals surface area (Å²) >= 11 is 3.39. The molecule has 1 N–H and O–H groups in total. The molecule has 0 atom stereocenters. The average molecular weight is 439 g/mol. The van der Waals surface area contributed by atoms with E-state index in [1.165, 1.54) is 6.08 Å². The number of nitrogens with zero attached hydrogens (tertiary/aromatic N) is 1. The first-order valence-corrected chi connectivity index (χ1v) is 9.29. The van der Waals surface area contributed by atoms with Crippen LogP contribution in [0.3, 0.4) is 0 Å². The smallest absolute Gasteiger partial charge is 0.344 e. The van der Waals surface area contributed by atoms with Gasteiger partial charge in [-0.05, 0) is 51.5 Å². The Hall–Kier alpha value is -2.53. The molecule has 0 bridgehead atoms. The lowest BCUT2D eigenvalue weighted by Gasteiger charge is -2.14. The van der Waals surface area contributed by atoms with Gasteiger partial charge in [0.25, 0.3) is 5.91 Å². The molecule has 0 aliphatic heterocycles. The molecule has 0 unspecified atom stereocenters. The number of amides is 1. The van der Waals surface area contributed by atoms with E-state index < -0.39 is 11.9 Å². The predicted octanol–water partition coefficient (Wildman–Crippen LogP) is 3.22. The first kappa shape index (κ1) is 22.5. The summed E-state index contributed by atoms with van der Waals surface area (Å²) in [5.41, 5.74) is 0.532. The molecular weight excluding hydrogens is 416 g/mol. The van der Waals surface area contributed by atoms with Gasteiger partial charge in [0.15, 0.2) is 18.1 Å². The van der Waals surface area contributed by atoms with Crippen LogP contribution in [0, 0.1) is 11.3 Å². The van der Waals surface area contributed by atoms with Crippen molar-refractivity contribution >= 4 is 33.9 Å². The first-order valence-electron chi connectivity index (χ1n) is 8.49. The average Bonchev–Trinajstić information content (AvgIpc) is 2.60. The first-order chi connectivity index (χ1) is 12.8. The minimum Gasteiger partial charge on any atom is -0.490 e. The monoisotopic (exact) mass is 438 g/mol. The van der Waals surface area contributed by atoms with E-state index in [0.29, 0.717) is 28.1 Å². The zero-order valence-corrected chi connectivity index (χ0v) is 17.4. The zero-order chi connectivity index (χ0) is 20.4. The van der Waals surface area contributed by atoms with Crippen LogP contribution in [0.25, 0.3) is 6.08 Å². The van der Waals surface area contributed by atoms with Crippen molar-refractivity contribution in [1.29, 1.82) is 5.26 Å². The van der Waals surface area contributed by atoms with Crippen molar-refractivity contribution in [2.24, 2.45) is 0 Å². The fourth-order valence-corrected chi connectivity index (χ4v) is 2.46. The van der Waals surface area contributed by atoms with Crippen LogP contribution in [0.1, 0.15) is 33.3 Å². The quantitative estimate of drug-likeness (QED) is 0.361. The number of halogens is 1. The number of carbonyl (C=O) groups is 2. The summed E-state index contributed by atoms with van der Waals surface area (Å²) in [6.07, 6.45) is 1.46. The van der Waals surface area contributed by atoms with Gasteiger partial charge in [-0.15, -0.1) is 0 Å². The van der Waals surface area contributed by atoms with Gasteiger partial charge in [0.2, 0.25) is 0 Å². The SMILES string of the molecule is CCOC(=O)COc1cc(Br)c(/C=C(/C#N)C(=O)NC(C)C)cc1OCC. The molecule has 0 fully saturated rings. The summed E-state index contributed by atoms with van der Waals surface area (Å²) in [5, 5.41) is 12.0. The molecule has 1 rings (SSSR count). The van der Waals surface area contributed by atoms with Crippen LogP contribution in [0.4, 0.5) is 0 Å². The maximum Gasteiger partial charge on any atom is 0.344 e. The van der Waals surface area contributed by atoms with Gasteiger partial charge >= 0.3 is 5.97 Å². The van der Waals surface area contributed by atoms with Crippen LogP contribution in [-0.4, -0.2) is 37.7 Å². The van der Waals surface area contributed by atoms with Crippen LogP contribution in [-0.2, 0) is 14.3 Å². The molecule has 0 aliphatic rings. The molecule has 0 heterocycles. The molecule has 0 saturated carbocycles. The van der Waals surface area contributed by atoms with Crippen LogP contribution in [0.5, 0.6) is 11.5 Å². The van der Waals surface area contributed by atoms with Crippen LogP contribution < -0.4 is 14.8 Å². The lowest BCUT2D eigenvalue weighted by Crippen LogP contribution is -2.30. The van der Waals surface area contributed by atoms with Gasteiger partial charge in [-0.25, -0.2) is 4.79 Å². The molecule has 8 heteroatoms. The van der Waals surface area contributed by atoms with Gasteiger partial charge in [-0.1, -0.05) is 15.9 Å². The summed E-state index contributed by atoms with van der Waals surface area (Å²) < 4.78 is 16.4. The molecule has 1 amide bonds. The third-order valence-corrected chi connectivity index (χ3v) is 3.79. The van der Waals surface area contributed by atoms with E-state index in [1.807, 2.05) is 26.8 Å². The van der Waals surface area contributed by atoms with Crippen molar-refractivity contribution in [3.05, 3.63) is 27.7 Å². The summed E-state index contributed by atoms with van der Waals surface area (Å²) in [5.74, 6) is -0.214. The van der Waals surface area contributed by atoms with Gasteiger partial charge in [-0.3, -0.25) is 4.79 Å². The number of ether oxygens (including phenoxy) is 3. The Morgan fingerprint density at radius 1 is 1.22 bits per heavy atom. The number of rotatable bonds is 9. The number of nitrogens with one attached hydrogen (secondary N) is 1. The molecule has 0 radical (unpaired) electrons. The lowest BCUT2D eigenvalue weighted by atomic mass is 10.1. The number of benzene rings is 1. The van der Waals surface area contributed by atoms with Crippen LogP contribution >= 0.6 is 15.9 Å². The molecular formula is C19H23BrN2O5. The van der Waals surface area contributed by atoms with Gasteiger partial charge in [-0.2, -0.15) is 5.26 Å². The van der Waals surface area contributed by atoms with Crippen molar-refractivity contribution in [3.8, 4) is 17.6 Å². The highest BCUT2D eigenvalue weighted by molar-refractivity contribution is 9.10. The molecule has 7 nitrogen and oxygen atoms in total. The maximum atomic E-state index is 12.1. The van der Waals surface area contributed by atoms with Gasteiger partial charge < -0.3 is 19.5 Å². The second kappa shape index (κ2) is 11.2. The Bertz CT molecular complexity index is 753. The third-order valence-electron chi connectivity index (χ3n) is 3.10. The summed E-state index contributed by atoms with van der Waals surface area (Å²) in [4.78, 5) is 23.6. The second-order valence-corrected chi connectivity index (χ2v) is 6.50. The number of nitriles is 1. The Morgan fingerprint density at radius 3 is 2.44 bits per heavy atom. The fraction of sp³-hybridized carbons (Fsp3) is 0.421. The Balaban J connectivity index is 3.17. The number of hydrogen-bond donors (Lipinski definition) is 1. The van der Waals surface area contributed by atoms with E-state index in [-0.39, 0.29) is 24.8 Å². The van der Waals surface area contributed by atoms with Gasteiger partial charge in [0, 0.05) is 10.5 Å². The molecule has 1 aromatic carbocycles. The van der Waals surface area contributed by atoms with Crippen molar-refractivity contribution < 1.29 is 23.8 Å². The van der Waals surface area contributed by atoms with E-state index in [0.717, 1.165) is 0 Å². The molecule has 0 spiro atoms. The predicted molar refractivity (Wildman–Crippen MR) is 104 cm³/mol. The van der Waals surface area contributed by atoms with Crippen LogP contribution in [0.2, 0.25) is 0 Å². The molecule has 146 valence electrons. The lowest BCUT2D eigenvalue weighted by molar-refractivity contribution is -0.145. The van der Waals surface area contributed by atoms with Gasteiger partial charge in [0.1, 0.15) is 11.6 Å². The van der Waals surface area contributed by atoms with Crippen molar-refractivity contribution in [2.45, 2.75) is 33.7 Å². The molecule has 0 saturated heterocycles. The Kier molecular flexibility index (Phi) is 9.37. The Morgan fingerprint density at radius 2 is 1.89 bits per heavy atom. The second-order valence-electron chi connectivity index (χ2n) is 5.65. The molecule has 0 aromatic heterocycles. The third kappa shape index (κ3) is 7.31. The molecule has 27 heavy (non-hydrogen) atoms. The maximum absolute atomic E-state index is 12.1. The highest BCUT2D eigenvalue weighted by Crippen LogP contribution is 2.35. The number of carbonyl (C=O) groups excluding carboxylic acids is 2. The van der Waals surface area contributed by atoms with Gasteiger partial charge in [0.05, 0.1) is 13.2 Å². The minimum atomic E-state index is -0.489. The zero-order valence-electron chi connectivity index (χ0n) is 15.8. The topological polar surface area (TPSA) is 97.7 Å². The summed E-state index contributed by atoms with van der Waals surface area (Å²) in [6.45, 7) is 7.53. The largest absolute Gasteiger partial charge is 0.490 e. The van der Waals surface area contributed by atoms with Crippen molar-refractivity contribution in [3.63, 3.8) is 0 Å². The van der Waals surface area contributed by atoms with E-state index in [1.54, 1.807) is 19.1 Å². The molecule has 1 aromatic rings. The summed E-state index contributed by atoms with van der Waals surface area (Å²) in [7, 11) is 0. The number of hydrogen-bond acceptors (Lipinski definition) is 6. The Labute approximate surface area is 167 Å². The fourth-order valence-electron chi connectivity index (χ4n) is 2.03. The van der Waals surface area contributed by atoms with Crippen molar-refractivity contribution in [2.75, 3.05) is 19.8 Å². The van der Waals surface area contributed by atoms with E-state index >= 15 is 0 Å². The standard InChI is InChI=1S/C19H23BrN2O5/c1-5-25-16-8-13(7-14(10-21)19(24)22-12(3)4)15(20)9-17(16)27-11-18(23)26-6-2/h7-9,12H,5-6,11H2,1-4H3,(H,22,24)/b14-7-. The number of esters is 1. The molecule has 0 aliphatic carbocycles. The normalized spacial score (nSPS) is 10.9. The van der Waals surface area contributed by atoms with Crippen LogP contribution in [0.15, 0.2) is 22.2 Å². The highest BCUT2D eigenvalue weighted by atomic mass is 79.9. The van der Waals surface area contributed by atoms with E-state index in [4.69, 9.17) is 14.2 Å². The van der Waals surface area contributed by atoms with Crippen molar-refractivity contribution in [1.82, 2.24) is 5.32 Å². The van der Waals surface area contributed by atoms with E-state index in [9.17, 15) is 14.9 Å². The highest BCUT2D eigenvalue weighted by Gasteiger charge is 2.15. The minimum absolute atomic E-state index is 0.0351.